The van der Waals surface area contributed by atoms with Gasteiger partial charge in [-0.15, -0.1) is 0 Å². The van der Waals surface area contributed by atoms with Crippen molar-refractivity contribution in [3.05, 3.63) is 71.4 Å². The van der Waals surface area contributed by atoms with Gasteiger partial charge in [0, 0.05) is 19.6 Å². The van der Waals surface area contributed by atoms with Crippen molar-refractivity contribution in [2.45, 2.75) is 59.0 Å². The van der Waals surface area contributed by atoms with Crippen molar-refractivity contribution in [1.29, 1.82) is 0 Å². The standard InChI is InChI=1S/C32H40N4O4/c1-5-35-27-20-36(26(18-21(2)3)30(37)34-16-14-22(4)15-17-34)31(38)28(27)29(33-32(35)39)23-10-9-13-25(19-23)40-24-11-7-6-8-12-24/h6-13,19,21-22,26,29H,5,14-18,20H2,1-4H3,(H,33,39)/t26-,29-/m0/s1. The minimum Gasteiger partial charge on any atom is -0.457 e. The Labute approximate surface area is 237 Å². The number of hydrogen-bond donors (Lipinski definition) is 1. The number of amides is 4. The van der Waals surface area contributed by atoms with Gasteiger partial charge in [-0.05, 0) is 67.9 Å². The normalized spacial score (nSPS) is 20.6. The molecule has 0 spiro atoms. The molecule has 5 rings (SSSR count). The topological polar surface area (TPSA) is 82.2 Å². The highest BCUT2D eigenvalue weighted by atomic mass is 16.5. The second kappa shape index (κ2) is 11.7. The van der Waals surface area contributed by atoms with E-state index in [1.54, 1.807) is 9.80 Å². The molecule has 1 saturated heterocycles. The van der Waals surface area contributed by atoms with E-state index in [2.05, 4.69) is 26.1 Å². The minimum absolute atomic E-state index is 0.0194. The second-order valence-electron chi connectivity index (χ2n) is 11.6. The van der Waals surface area contributed by atoms with Crippen molar-refractivity contribution < 1.29 is 19.1 Å². The fraction of sp³-hybridized carbons (Fsp3) is 0.469. The molecule has 3 aliphatic heterocycles. The van der Waals surface area contributed by atoms with E-state index >= 15 is 0 Å². The quantitative estimate of drug-likeness (QED) is 0.487. The Kier molecular flexibility index (Phi) is 8.14. The van der Waals surface area contributed by atoms with Crippen LogP contribution in [0.5, 0.6) is 11.5 Å². The third kappa shape index (κ3) is 5.58. The van der Waals surface area contributed by atoms with Gasteiger partial charge in [-0.1, -0.05) is 51.1 Å². The molecule has 3 aliphatic rings. The van der Waals surface area contributed by atoms with Crippen molar-refractivity contribution in [2.75, 3.05) is 26.2 Å². The molecule has 0 saturated carbocycles. The van der Waals surface area contributed by atoms with Gasteiger partial charge in [0.25, 0.3) is 5.91 Å². The number of likely N-dealkylation sites (N-methyl/N-ethyl adjacent to an activating group) is 1. The zero-order chi connectivity index (χ0) is 28.4. The van der Waals surface area contributed by atoms with Crippen molar-refractivity contribution in [2.24, 2.45) is 11.8 Å². The molecule has 0 aromatic heterocycles. The van der Waals surface area contributed by atoms with Crippen LogP contribution in [0.25, 0.3) is 0 Å². The van der Waals surface area contributed by atoms with Crippen LogP contribution in [0.3, 0.4) is 0 Å². The molecular formula is C32H40N4O4. The zero-order valence-electron chi connectivity index (χ0n) is 23.9. The Morgan fingerprint density at radius 1 is 1.02 bits per heavy atom. The van der Waals surface area contributed by atoms with Gasteiger partial charge < -0.3 is 19.9 Å². The first-order chi connectivity index (χ1) is 19.3. The summed E-state index contributed by atoms with van der Waals surface area (Å²) in [6.45, 7) is 10.4. The predicted octanol–water partition coefficient (Wildman–Crippen LogP) is 5.33. The summed E-state index contributed by atoms with van der Waals surface area (Å²) < 4.78 is 6.04. The molecule has 2 aromatic rings. The number of para-hydroxylation sites is 1. The van der Waals surface area contributed by atoms with E-state index in [1.165, 1.54) is 0 Å². The van der Waals surface area contributed by atoms with Crippen LogP contribution in [0.1, 0.15) is 58.6 Å². The van der Waals surface area contributed by atoms with Gasteiger partial charge in [0.2, 0.25) is 5.91 Å². The summed E-state index contributed by atoms with van der Waals surface area (Å²) in [5.41, 5.74) is 1.98. The van der Waals surface area contributed by atoms with Gasteiger partial charge in [0.1, 0.15) is 17.5 Å². The van der Waals surface area contributed by atoms with E-state index < -0.39 is 12.1 Å². The highest BCUT2D eigenvalue weighted by Gasteiger charge is 2.47. The summed E-state index contributed by atoms with van der Waals surface area (Å²) >= 11 is 0. The molecule has 2 aromatic carbocycles. The van der Waals surface area contributed by atoms with Crippen LogP contribution in [0, 0.1) is 11.8 Å². The number of piperidine rings is 1. The molecule has 8 heteroatoms. The summed E-state index contributed by atoms with van der Waals surface area (Å²) in [7, 11) is 0. The maximum Gasteiger partial charge on any atom is 0.322 e. The highest BCUT2D eigenvalue weighted by molar-refractivity contribution is 6.03. The lowest BCUT2D eigenvalue weighted by molar-refractivity contribution is -0.144. The summed E-state index contributed by atoms with van der Waals surface area (Å²) in [5, 5.41) is 3.06. The lowest BCUT2D eigenvalue weighted by atomic mass is 9.94. The Hall–Kier alpha value is -3.81. The van der Waals surface area contributed by atoms with Crippen LogP contribution in [-0.2, 0) is 9.59 Å². The number of hydrogen-bond acceptors (Lipinski definition) is 4. The molecule has 0 unspecified atom stereocenters. The number of carbonyl (C=O) groups excluding carboxylic acids is 3. The average molecular weight is 545 g/mol. The van der Waals surface area contributed by atoms with Gasteiger partial charge in [0.15, 0.2) is 0 Å². The van der Waals surface area contributed by atoms with Gasteiger partial charge in [-0.3, -0.25) is 14.5 Å². The molecule has 3 heterocycles. The molecule has 212 valence electrons. The number of ether oxygens (including phenoxy) is 1. The monoisotopic (exact) mass is 544 g/mol. The smallest absolute Gasteiger partial charge is 0.322 e. The second-order valence-corrected chi connectivity index (χ2v) is 11.6. The molecule has 2 atom stereocenters. The number of carbonyl (C=O) groups is 3. The Balaban J connectivity index is 1.46. The van der Waals surface area contributed by atoms with Gasteiger partial charge in [0.05, 0.1) is 23.9 Å². The summed E-state index contributed by atoms with van der Waals surface area (Å²) in [6, 6.07) is 15.5. The van der Waals surface area contributed by atoms with E-state index in [0.29, 0.717) is 41.7 Å². The summed E-state index contributed by atoms with van der Waals surface area (Å²) in [6.07, 6.45) is 2.54. The lowest BCUT2D eigenvalue weighted by Gasteiger charge is -2.37. The fourth-order valence-corrected chi connectivity index (χ4v) is 5.98. The number of urea groups is 1. The number of nitrogens with zero attached hydrogens (tertiary/aromatic N) is 3. The number of rotatable bonds is 8. The van der Waals surface area contributed by atoms with E-state index in [9.17, 15) is 14.4 Å². The van der Waals surface area contributed by atoms with Crippen LogP contribution in [0.4, 0.5) is 4.79 Å². The number of likely N-dealkylation sites (tertiary alicyclic amines) is 1. The van der Waals surface area contributed by atoms with Crippen molar-refractivity contribution in [1.82, 2.24) is 20.0 Å². The third-order valence-corrected chi connectivity index (χ3v) is 8.19. The van der Waals surface area contributed by atoms with Crippen LogP contribution in [0.15, 0.2) is 65.9 Å². The van der Waals surface area contributed by atoms with Crippen LogP contribution < -0.4 is 10.1 Å². The lowest BCUT2D eigenvalue weighted by Crippen LogP contribution is -2.52. The fourth-order valence-electron chi connectivity index (χ4n) is 5.98. The number of nitrogens with one attached hydrogen (secondary N) is 1. The largest absolute Gasteiger partial charge is 0.457 e. The molecule has 4 amide bonds. The van der Waals surface area contributed by atoms with Crippen LogP contribution >= 0.6 is 0 Å². The first-order valence-corrected chi connectivity index (χ1v) is 14.5. The Morgan fingerprint density at radius 3 is 2.40 bits per heavy atom. The van der Waals surface area contributed by atoms with E-state index in [-0.39, 0.29) is 30.3 Å². The minimum atomic E-state index is -0.632. The van der Waals surface area contributed by atoms with E-state index in [1.807, 2.05) is 66.4 Å². The van der Waals surface area contributed by atoms with Crippen molar-refractivity contribution in [3.63, 3.8) is 0 Å². The molecular weight excluding hydrogens is 504 g/mol. The zero-order valence-corrected chi connectivity index (χ0v) is 23.9. The first kappa shape index (κ1) is 27.7. The summed E-state index contributed by atoms with van der Waals surface area (Å²) in [4.78, 5) is 46.6. The molecule has 0 aliphatic carbocycles. The van der Waals surface area contributed by atoms with Crippen LogP contribution in [0.2, 0.25) is 0 Å². The first-order valence-electron chi connectivity index (χ1n) is 14.5. The summed E-state index contributed by atoms with van der Waals surface area (Å²) in [5.74, 6) is 1.99. The molecule has 1 N–H and O–H groups in total. The molecule has 8 nitrogen and oxygen atoms in total. The van der Waals surface area contributed by atoms with Gasteiger partial charge in [-0.2, -0.15) is 0 Å². The van der Waals surface area contributed by atoms with Gasteiger partial charge >= 0.3 is 6.03 Å². The Bertz CT molecular complexity index is 1280. The van der Waals surface area contributed by atoms with Gasteiger partial charge in [-0.25, -0.2) is 4.79 Å². The van der Waals surface area contributed by atoms with E-state index in [4.69, 9.17) is 4.74 Å². The highest BCUT2D eigenvalue weighted by Crippen LogP contribution is 2.39. The number of benzene rings is 2. The van der Waals surface area contributed by atoms with Crippen LogP contribution in [-0.4, -0.2) is 64.8 Å². The maximum absolute atomic E-state index is 14.2. The average Bonchev–Trinajstić information content (AvgIpc) is 3.28. The SMILES string of the molecule is CCN1C(=O)N[C@@H](c2cccc(Oc3ccccc3)c2)C2=C1CN([C@@H](CC(C)C)C(=O)N1CCC(C)CC1)C2=O. The Morgan fingerprint density at radius 2 is 1.73 bits per heavy atom. The van der Waals surface area contributed by atoms with Crippen molar-refractivity contribution in [3.8, 4) is 11.5 Å². The molecule has 0 bridgehead atoms. The maximum atomic E-state index is 14.2. The molecule has 1 fully saturated rings. The molecule has 40 heavy (non-hydrogen) atoms. The molecule has 0 radical (unpaired) electrons. The third-order valence-electron chi connectivity index (χ3n) is 8.19. The predicted molar refractivity (Wildman–Crippen MR) is 154 cm³/mol. The van der Waals surface area contributed by atoms with Crippen molar-refractivity contribution >= 4 is 17.8 Å². The van der Waals surface area contributed by atoms with E-state index in [0.717, 1.165) is 31.5 Å².